The van der Waals surface area contributed by atoms with Gasteiger partial charge < -0.3 is 24.8 Å². The number of sulfonamides is 1. The van der Waals surface area contributed by atoms with Crippen molar-refractivity contribution < 1.29 is 41.2 Å². The number of nitrogens with zero attached hydrogens (tertiary/aromatic N) is 4. The normalized spacial score (nSPS) is 27.4. The number of ether oxygens (including phenoxy) is 1. The minimum Gasteiger partial charge on any atom is -0.471 e. The number of aromatic nitrogens is 3. The van der Waals surface area contributed by atoms with E-state index < -0.39 is 73.9 Å². The second-order valence-electron chi connectivity index (χ2n) is 15.0. The lowest BCUT2D eigenvalue weighted by molar-refractivity contribution is -0.141. The van der Waals surface area contributed by atoms with E-state index in [0.717, 1.165) is 12.8 Å². The number of amides is 4. The van der Waals surface area contributed by atoms with Crippen LogP contribution < -0.4 is 20.1 Å². The molecule has 2 aliphatic heterocycles. The predicted molar refractivity (Wildman–Crippen MR) is 192 cm³/mol. The summed E-state index contributed by atoms with van der Waals surface area (Å²) in [5.74, 6) is -3.60. The average molecular weight is 766 g/mol. The van der Waals surface area contributed by atoms with E-state index >= 15 is 0 Å². The largest absolute Gasteiger partial charge is 0.471 e. The van der Waals surface area contributed by atoms with Crippen LogP contribution in [0.5, 0.6) is 5.88 Å². The fraction of sp³-hybridized carbons (Fsp3) is 0.541. The molecule has 2 aliphatic carbocycles. The van der Waals surface area contributed by atoms with E-state index in [4.69, 9.17) is 9.26 Å². The van der Waals surface area contributed by atoms with Gasteiger partial charge in [0.15, 0.2) is 0 Å². The highest BCUT2D eigenvalue weighted by Crippen LogP contribution is 2.47. The molecule has 54 heavy (non-hydrogen) atoms. The number of carbonyl (C=O) groups excluding carboxylic acids is 4. The van der Waals surface area contributed by atoms with E-state index in [-0.39, 0.29) is 43.0 Å². The number of benzene rings is 1. The topological polar surface area (TPSA) is 203 Å². The lowest BCUT2D eigenvalue weighted by Crippen LogP contribution is -2.58. The third kappa shape index (κ3) is 7.42. The van der Waals surface area contributed by atoms with Crippen molar-refractivity contribution in [3.05, 3.63) is 59.4 Å². The summed E-state index contributed by atoms with van der Waals surface area (Å²) in [5.41, 5.74) is 0.171. The predicted octanol–water partition coefficient (Wildman–Crippen LogP) is 3.17. The fourth-order valence-electron chi connectivity index (χ4n) is 7.18. The van der Waals surface area contributed by atoms with Gasteiger partial charge in [-0.3, -0.25) is 23.9 Å². The smallest absolute Gasteiger partial charge is 0.290 e. The minimum absolute atomic E-state index is 0.0276. The highest BCUT2D eigenvalue weighted by molar-refractivity contribution is 7.91. The number of allylic oxidation sites excluding steroid dienone is 1. The first-order valence-corrected chi connectivity index (χ1v) is 19.9. The van der Waals surface area contributed by atoms with Gasteiger partial charge >= 0.3 is 0 Å². The summed E-state index contributed by atoms with van der Waals surface area (Å²) < 4.78 is 53.0. The maximum atomic E-state index is 14.5. The first-order chi connectivity index (χ1) is 25.7. The first kappa shape index (κ1) is 37.4. The number of halogens is 1. The summed E-state index contributed by atoms with van der Waals surface area (Å²) in [6, 6.07) is 3.27. The third-order valence-corrected chi connectivity index (χ3v) is 13.1. The molecule has 4 aliphatic rings. The van der Waals surface area contributed by atoms with E-state index in [1.165, 1.54) is 29.2 Å². The molecule has 0 bridgehead atoms. The summed E-state index contributed by atoms with van der Waals surface area (Å²) >= 11 is 0. The van der Waals surface area contributed by atoms with Crippen LogP contribution in [-0.2, 0) is 30.8 Å². The maximum Gasteiger partial charge on any atom is 0.290 e. The van der Waals surface area contributed by atoms with Crippen LogP contribution in [0.3, 0.4) is 0 Å². The van der Waals surface area contributed by atoms with Gasteiger partial charge in [-0.05, 0) is 70.9 Å². The van der Waals surface area contributed by atoms with E-state index in [2.05, 4.69) is 30.5 Å². The van der Waals surface area contributed by atoms with E-state index in [0.29, 0.717) is 49.0 Å². The Morgan fingerprint density at radius 3 is 2.65 bits per heavy atom. The molecule has 4 amide bonds. The summed E-state index contributed by atoms with van der Waals surface area (Å²) in [7, 11) is -4.01. The molecule has 1 aromatic carbocycles. The molecule has 0 unspecified atom stereocenters. The zero-order valence-corrected chi connectivity index (χ0v) is 31.2. The van der Waals surface area contributed by atoms with Crippen molar-refractivity contribution in [2.75, 3.05) is 6.54 Å². The Morgan fingerprint density at radius 2 is 1.93 bits per heavy atom. The van der Waals surface area contributed by atoms with Crippen molar-refractivity contribution >= 4 is 44.7 Å². The molecule has 5 atom stereocenters. The molecule has 3 aromatic rings. The number of nitrogens with one attached hydrogen (secondary N) is 3. The Morgan fingerprint density at radius 1 is 1.13 bits per heavy atom. The van der Waals surface area contributed by atoms with Gasteiger partial charge in [0.25, 0.3) is 11.8 Å². The number of fused-ring (bicyclic) bond motifs is 3. The van der Waals surface area contributed by atoms with Crippen LogP contribution in [-0.4, -0.2) is 87.1 Å². The molecule has 0 spiro atoms. The monoisotopic (exact) mass is 765 g/mol. The maximum absolute atomic E-state index is 14.5. The van der Waals surface area contributed by atoms with Gasteiger partial charge in [-0.2, -0.15) is 0 Å². The number of rotatable bonds is 8. The molecule has 2 saturated carbocycles. The summed E-state index contributed by atoms with van der Waals surface area (Å²) in [4.78, 5) is 66.4. The van der Waals surface area contributed by atoms with Gasteiger partial charge in [0, 0.05) is 24.5 Å². The van der Waals surface area contributed by atoms with Crippen LogP contribution in [0.25, 0.3) is 11.0 Å². The molecule has 0 radical (unpaired) electrons. The Labute approximate surface area is 311 Å². The van der Waals surface area contributed by atoms with Crippen molar-refractivity contribution in [3.63, 3.8) is 0 Å². The lowest BCUT2D eigenvalue weighted by Gasteiger charge is -2.29. The summed E-state index contributed by atoms with van der Waals surface area (Å²) in [6.45, 7) is 5.00. The highest BCUT2D eigenvalue weighted by Gasteiger charge is 2.63. The van der Waals surface area contributed by atoms with E-state index in [1.54, 1.807) is 13.8 Å². The van der Waals surface area contributed by atoms with Crippen LogP contribution in [0.15, 0.2) is 40.9 Å². The number of hydrogen-bond acceptors (Lipinski definition) is 11. The molecular formula is C37H44FN7O8S. The Bertz CT molecular complexity index is 2140. The van der Waals surface area contributed by atoms with Crippen LogP contribution in [0.1, 0.15) is 93.6 Å². The van der Waals surface area contributed by atoms with Gasteiger partial charge in [-0.15, -0.1) is 0 Å². The van der Waals surface area contributed by atoms with E-state index in [9.17, 15) is 32.0 Å². The SMILES string of the molecule is CCc1nc2ccc(F)cc2nc1O[C@@H]1C[C@H]2C(=O)N[C@]3(C(=O)NS(=O)(=O)C4(C)CC4)C[C@H]3/C=C\CCCCC[C@H](NC(=O)c3cc(C)no3)C(=O)N2C1. The summed E-state index contributed by atoms with van der Waals surface area (Å²) in [6.07, 6.45) is 7.39. The number of carbonyl (C=O) groups is 4. The van der Waals surface area contributed by atoms with Gasteiger partial charge in [-0.25, -0.2) is 22.8 Å². The Balaban J connectivity index is 1.21. The first-order valence-electron chi connectivity index (χ1n) is 18.4. The van der Waals surface area contributed by atoms with Crippen LogP contribution >= 0.6 is 0 Å². The molecule has 17 heteroatoms. The molecule has 1 saturated heterocycles. The standard InChI is InChI=1S/C37H44FN7O8S/c1-4-25-33(41-28-17-23(38)12-13-26(28)39-25)52-24-18-29-31(46)42-37(35(49)44-54(50,51)36(3)14-15-36)19-22(37)10-8-6-5-7-9-11-27(34(48)45(29)20-24)40-32(47)30-16-21(2)43-53-30/h8,10,12-13,16-17,22,24,27,29H,4-7,9,11,14-15,18-20H2,1-3H3,(H,40,47)(H,42,46)(H,44,49)/b10-8-/t22-,24-,27+,29+,37-/m1/s1. The number of hydrogen-bond donors (Lipinski definition) is 3. The quantitative estimate of drug-likeness (QED) is 0.284. The zero-order valence-electron chi connectivity index (χ0n) is 30.4. The molecule has 15 nitrogen and oxygen atoms in total. The zero-order chi connectivity index (χ0) is 38.4. The molecule has 3 fully saturated rings. The Hall–Kier alpha value is -4.93. The molecule has 288 valence electrons. The second kappa shape index (κ2) is 14.4. The molecule has 2 aromatic heterocycles. The highest BCUT2D eigenvalue weighted by atomic mass is 32.2. The second-order valence-corrected chi connectivity index (χ2v) is 17.2. The van der Waals surface area contributed by atoms with Crippen LogP contribution in [0.2, 0.25) is 0 Å². The minimum atomic E-state index is -4.01. The van der Waals surface area contributed by atoms with Crippen molar-refractivity contribution in [2.24, 2.45) is 5.92 Å². The lowest BCUT2D eigenvalue weighted by atomic mass is 10.0. The van der Waals surface area contributed by atoms with Crippen LogP contribution in [0, 0.1) is 18.7 Å². The van der Waals surface area contributed by atoms with E-state index in [1.807, 2.05) is 19.1 Å². The van der Waals surface area contributed by atoms with Gasteiger partial charge in [-0.1, -0.05) is 37.1 Å². The van der Waals surface area contributed by atoms with Crippen molar-refractivity contribution in [2.45, 2.75) is 113 Å². The molecule has 3 N–H and O–H groups in total. The van der Waals surface area contributed by atoms with Crippen molar-refractivity contribution in [1.82, 2.24) is 35.4 Å². The van der Waals surface area contributed by atoms with Gasteiger partial charge in [0.2, 0.25) is 33.5 Å². The fourth-order valence-corrected chi connectivity index (χ4v) is 8.49. The van der Waals surface area contributed by atoms with Crippen molar-refractivity contribution in [3.8, 4) is 5.88 Å². The number of aryl methyl sites for hydroxylation is 2. The third-order valence-electron chi connectivity index (χ3n) is 10.9. The van der Waals surface area contributed by atoms with Crippen LogP contribution in [0.4, 0.5) is 4.39 Å². The Kier molecular flexibility index (Phi) is 9.95. The summed E-state index contributed by atoms with van der Waals surface area (Å²) in [5, 5.41) is 9.40. The molecule has 7 rings (SSSR count). The van der Waals surface area contributed by atoms with Gasteiger partial charge in [0.1, 0.15) is 35.2 Å². The average Bonchev–Trinajstić information content (AvgIpc) is 3.93. The van der Waals surface area contributed by atoms with Gasteiger partial charge in [0.05, 0.1) is 28.0 Å². The van der Waals surface area contributed by atoms with Crippen molar-refractivity contribution in [1.29, 1.82) is 0 Å². The molecular weight excluding hydrogens is 722 g/mol. The molecule has 4 heterocycles.